The maximum atomic E-state index is 12.5. The topological polar surface area (TPSA) is 72.7 Å². The SMILES string of the molecule is CN(CCOC12CC3CC(CC(C3)C1)C2)C(=O)c1ccc([N+](=O)[O-])cc1. The van der Waals surface area contributed by atoms with E-state index < -0.39 is 4.92 Å². The van der Waals surface area contributed by atoms with Crippen LogP contribution in [0.4, 0.5) is 5.69 Å². The molecular formula is C20H26N2O4. The maximum absolute atomic E-state index is 12.5. The van der Waals surface area contributed by atoms with Gasteiger partial charge in [-0.2, -0.15) is 0 Å². The molecule has 0 aliphatic heterocycles. The number of ether oxygens (including phenoxy) is 1. The van der Waals surface area contributed by atoms with Gasteiger partial charge in [-0.3, -0.25) is 14.9 Å². The lowest BCUT2D eigenvalue weighted by molar-refractivity contribution is -0.384. The van der Waals surface area contributed by atoms with E-state index in [2.05, 4.69) is 0 Å². The van der Waals surface area contributed by atoms with E-state index in [4.69, 9.17) is 4.74 Å². The molecule has 1 amide bonds. The summed E-state index contributed by atoms with van der Waals surface area (Å²) in [6, 6.07) is 5.76. The van der Waals surface area contributed by atoms with E-state index in [0.29, 0.717) is 18.7 Å². The fourth-order valence-corrected chi connectivity index (χ4v) is 5.65. The Balaban J connectivity index is 1.30. The standard InChI is InChI=1S/C20H26N2O4/c1-21(19(23)17-2-4-18(5-3-17)22(24)25)6-7-26-20-11-14-8-15(12-20)10-16(9-14)13-20/h2-5,14-16H,6-13H2,1H3. The molecular weight excluding hydrogens is 332 g/mol. The van der Waals surface area contributed by atoms with E-state index in [0.717, 1.165) is 17.8 Å². The van der Waals surface area contributed by atoms with Crippen LogP contribution in [0.5, 0.6) is 0 Å². The van der Waals surface area contributed by atoms with Crippen molar-refractivity contribution in [2.75, 3.05) is 20.2 Å². The van der Waals surface area contributed by atoms with Crippen LogP contribution in [-0.4, -0.2) is 41.5 Å². The van der Waals surface area contributed by atoms with Crippen LogP contribution < -0.4 is 0 Å². The summed E-state index contributed by atoms with van der Waals surface area (Å²) in [6.07, 6.45) is 7.75. The monoisotopic (exact) mass is 358 g/mol. The van der Waals surface area contributed by atoms with Gasteiger partial charge in [-0.25, -0.2) is 0 Å². The summed E-state index contributed by atoms with van der Waals surface area (Å²) in [5.74, 6) is 2.41. The average molecular weight is 358 g/mol. The second-order valence-electron chi connectivity index (χ2n) is 8.48. The van der Waals surface area contributed by atoms with Crippen molar-refractivity contribution in [3.63, 3.8) is 0 Å². The van der Waals surface area contributed by atoms with Gasteiger partial charge in [-0.05, 0) is 68.4 Å². The molecule has 0 saturated heterocycles. The normalized spacial score (nSPS) is 31.8. The van der Waals surface area contributed by atoms with Crippen molar-refractivity contribution in [2.45, 2.75) is 44.1 Å². The molecule has 4 aliphatic rings. The molecule has 0 unspecified atom stereocenters. The van der Waals surface area contributed by atoms with Crippen molar-refractivity contribution >= 4 is 11.6 Å². The van der Waals surface area contributed by atoms with Crippen LogP contribution in [0.25, 0.3) is 0 Å². The Morgan fingerprint density at radius 2 is 1.69 bits per heavy atom. The Labute approximate surface area is 153 Å². The molecule has 0 heterocycles. The second kappa shape index (κ2) is 6.65. The third-order valence-corrected chi connectivity index (χ3v) is 6.49. The second-order valence-corrected chi connectivity index (χ2v) is 8.48. The number of carbonyl (C=O) groups is 1. The summed E-state index contributed by atoms with van der Waals surface area (Å²) in [6.45, 7) is 1.10. The number of rotatable bonds is 6. The quantitative estimate of drug-likeness (QED) is 0.575. The summed E-state index contributed by atoms with van der Waals surface area (Å²) in [4.78, 5) is 24.4. The minimum absolute atomic E-state index is 0.00523. The van der Waals surface area contributed by atoms with Gasteiger partial charge in [-0.15, -0.1) is 0 Å². The molecule has 26 heavy (non-hydrogen) atoms. The number of hydrogen-bond donors (Lipinski definition) is 0. The number of carbonyl (C=O) groups excluding carboxylic acids is 1. The van der Waals surface area contributed by atoms with E-state index >= 15 is 0 Å². The zero-order valence-corrected chi connectivity index (χ0v) is 15.2. The van der Waals surface area contributed by atoms with Gasteiger partial charge in [-0.1, -0.05) is 0 Å². The summed E-state index contributed by atoms with van der Waals surface area (Å²) in [5.41, 5.74) is 0.522. The third kappa shape index (κ3) is 3.34. The summed E-state index contributed by atoms with van der Waals surface area (Å²) >= 11 is 0. The van der Waals surface area contributed by atoms with Crippen LogP contribution in [0.2, 0.25) is 0 Å². The number of nitro benzene ring substituents is 1. The van der Waals surface area contributed by atoms with Gasteiger partial charge in [0, 0.05) is 31.3 Å². The lowest BCUT2D eigenvalue weighted by atomic mass is 9.54. The molecule has 0 atom stereocenters. The molecule has 1 aromatic rings. The molecule has 5 rings (SSSR count). The van der Waals surface area contributed by atoms with Crippen LogP contribution in [0.15, 0.2) is 24.3 Å². The highest BCUT2D eigenvalue weighted by molar-refractivity contribution is 5.94. The fraction of sp³-hybridized carbons (Fsp3) is 0.650. The van der Waals surface area contributed by atoms with Gasteiger partial charge in [0.25, 0.3) is 11.6 Å². The van der Waals surface area contributed by atoms with E-state index in [1.54, 1.807) is 11.9 Å². The molecule has 140 valence electrons. The number of hydrogen-bond acceptors (Lipinski definition) is 4. The Morgan fingerprint density at radius 1 is 1.15 bits per heavy atom. The van der Waals surface area contributed by atoms with Gasteiger partial charge in [0.05, 0.1) is 17.1 Å². The largest absolute Gasteiger partial charge is 0.373 e. The van der Waals surface area contributed by atoms with Crippen LogP contribution in [0, 0.1) is 27.9 Å². The minimum Gasteiger partial charge on any atom is -0.373 e. The molecule has 0 N–H and O–H groups in total. The summed E-state index contributed by atoms with van der Waals surface area (Å²) in [5, 5.41) is 10.7. The predicted octanol–water partition coefficient (Wildman–Crippen LogP) is 3.65. The van der Waals surface area contributed by atoms with Crippen molar-refractivity contribution < 1.29 is 14.5 Å². The number of nitro groups is 1. The summed E-state index contributed by atoms with van der Waals surface area (Å²) in [7, 11) is 1.76. The average Bonchev–Trinajstić information content (AvgIpc) is 2.59. The molecule has 4 saturated carbocycles. The number of amides is 1. The number of likely N-dealkylation sites (N-methyl/N-ethyl adjacent to an activating group) is 1. The third-order valence-electron chi connectivity index (χ3n) is 6.49. The van der Waals surface area contributed by atoms with E-state index in [-0.39, 0.29) is 17.2 Å². The van der Waals surface area contributed by atoms with Crippen molar-refractivity contribution in [3.05, 3.63) is 39.9 Å². The van der Waals surface area contributed by atoms with Crippen molar-refractivity contribution in [2.24, 2.45) is 17.8 Å². The van der Waals surface area contributed by atoms with E-state index in [9.17, 15) is 14.9 Å². The highest BCUT2D eigenvalue weighted by Crippen LogP contribution is 2.57. The number of nitrogens with zero attached hydrogens (tertiary/aromatic N) is 2. The summed E-state index contributed by atoms with van der Waals surface area (Å²) < 4.78 is 6.37. The molecule has 0 spiro atoms. The van der Waals surface area contributed by atoms with Crippen molar-refractivity contribution in [1.29, 1.82) is 0 Å². The smallest absolute Gasteiger partial charge is 0.269 e. The molecule has 4 bridgehead atoms. The van der Waals surface area contributed by atoms with Crippen LogP contribution in [-0.2, 0) is 4.74 Å². The van der Waals surface area contributed by atoms with Gasteiger partial charge < -0.3 is 9.64 Å². The van der Waals surface area contributed by atoms with Crippen molar-refractivity contribution in [3.8, 4) is 0 Å². The molecule has 1 aromatic carbocycles. The number of non-ortho nitro benzene ring substituents is 1. The minimum atomic E-state index is -0.461. The molecule has 0 aromatic heterocycles. The van der Waals surface area contributed by atoms with Gasteiger partial charge in [0.1, 0.15) is 0 Å². The Bertz CT molecular complexity index is 665. The first-order chi connectivity index (χ1) is 12.4. The highest BCUT2D eigenvalue weighted by atomic mass is 16.6. The van der Waals surface area contributed by atoms with Crippen molar-refractivity contribution in [1.82, 2.24) is 4.90 Å². The predicted molar refractivity (Wildman–Crippen MR) is 96.9 cm³/mol. The first-order valence-electron chi connectivity index (χ1n) is 9.58. The molecule has 0 radical (unpaired) electrons. The van der Waals surface area contributed by atoms with Gasteiger partial charge >= 0.3 is 0 Å². The van der Waals surface area contributed by atoms with Gasteiger partial charge in [0.2, 0.25) is 0 Å². The van der Waals surface area contributed by atoms with Crippen LogP contribution in [0.3, 0.4) is 0 Å². The first-order valence-corrected chi connectivity index (χ1v) is 9.58. The molecule has 6 nitrogen and oxygen atoms in total. The molecule has 4 aliphatic carbocycles. The van der Waals surface area contributed by atoms with E-state index in [1.165, 1.54) is 62.8 Å². The van der Waals surface area contributed by atoms with E-state index in [1.807, 2.05) is 0 Å². The van der Waals surface area contributed by atoms with Crippen LogP contribution >= 0.6 is 0 Å². The highest BCUT2D eigenvalue weighted by Gasteiger charge is 2.51. The number of benzene rings is 1. The fourth-order valence-electron chi connectivity index (χ4n) is 5.65. The Kier molecular flexibility index (Phi) is 4.47. The Hall–Kier alpha value is -1.95. The van der Waals surface area contributed by atoms with Crippen LogP contribution in [0.1, 0.15) is 48.9 Å². The zero-order valence-electron chi connectivity index (χ0n) is 15.2. The Morgan fingerprint density at radius 3 is 2.19 bits per heavy atom. The zero-order chi connectivity index (χ0) is 18.3. The maximum Gasteiger partial charge on any atom is 0.269 e. The lowest BCUT2D eigenvalue weighted by Crippen LogP contribution is -2.52. The first kappa shape index (κ1) is 17.5. The lowest BCUT2D eigenvalue weighted by Gasteiger charge is -2.56. The molecule has 4 fully saturated rings. The molecule has 6 heteroatoms. The van der Waals surface area contributed by atoms with Gasteiger partial charge in [0.15, 0.2) is 0 Å².